The molecule has 0 saturated carbocycles. The molecule has 0 aromatic carbocycles. The van der Waals surface area contributed by atoms with Gasteiger partial charge in [0, 0.05) is 9.75 Å². The van der Waals surface area contributed by atoms with Crippen molar-refractivity contribution < 1.29 is 0 Å². The molecule has 74 valence electrons. The number of nitrogens with two attached hydrogens (primary N) is 1. The Kier molecular flexibility index (Phi) is 2.72. The molecule has 0 amide bonds. The molecule has 0 aliphatic heterocycles. The number of thiophene rings is 2. The highest BCUT2D eigenvalue weighted by molar-refractivity contribution is 7.10. The van der Waals surface area contributed by atoms with Gasteiger partial charge in [-0.05, 0) is 47.9 Å². The van der Waals surface area contributed by atoms with Gasteiger partial charge >= 0.3 is 0 Å². The monoisotopic (exact) mass is 223 g/mol. The van der Waals surface area contributed by atoms with Crippen LogP contribution in [0.4, 0.5) is 0 Å². The van der Waals surface area contributed by atoms with E-state index in [0.717, 1.165) is 0 Å². The minimum Gasteiger partial charge on any atom is -0.320 e. The zero-order chi connectivity index (χ0) is 10.1. The van der Waals surface area contributed by atoms with E-state index >= 15 is 0 Å². The van der Waals surface area contributed by atoms with E-state index in [1.54, 1.807) is 22.7 Å². The average molecular weight is 223 g/mol. The van der Waals surface area contributed by atoms with E-state index in [0.29, 0.717) is 0 Å². The first-order chi connectivity index (χ1) is 6.68. The Hall–Kier alpha value is -0.640. The van der Waals surface area contributed by atoms with E-state index in [1.165, 1.54) is 20.9 Å². The van der Waals surface area contributed by atoms with Crippen molar-refractivity contribution in [2.24, 2.45) is 5.73 Å². The fourth-order valence-electron chi connectivity index (χ4n) is 1.48. The van der Waals surface area contributed by atoms with E-state index in [1.807, 2.05) is 0 Å². The van der Waals surface area contributed by atoms with Crippen molar-refractivity contribution in [1.29, 1.82) is 0 Å². The zero-order valence-electron chi connectivity index (χ0n) is 8.28. The maximum Gasteiger partial charge on any atom is 0.0656 e. The first kappa shape index (κ1) is 9.90. The third-order valence-corrected chi connectivity index (χ3v) is 4.28. The van der Waals surface area contributed by atoms with E-state index in [2.05, 4.69) is 36.7 Å². The van der Waals surface area contributed by atoms with Crippen LogP contribution in [0.1, 0.15) is 26.9 Å². The van der Waals surface area contributed by atoms with Crippen molar-refractivity contribution in [2.45, 2.75) is 19.9 Å². The summed E-state index contributed by atoms with van der Waals surface area (Å²) in [5.41, 5.74) is 8.72. The van der Waals surface area contributed by atoms with Crippen LogP contribution in [0.2, 0.25) is 0 Å². The van der Waals surface area contributed by atoms with Gasteiger partial charge in [0.2, 0.25) is 0 Å². The lowest BCUT2D eigenvalue weighted by Gasteiger charge is -2.08. The lowest BCUT2D eigenvalue weighted by molar-refractivity contribution is 0.890. The van der Waals surface area contributed by atoms with Crippen LogP contribution in [0.15, 0.2) is 22.9 Å². The van der Waals surface area contributed by atoms with E-state index in [-0.39, 0.29) is 6.04 Å². The van der Waals surface area contributed by atoms with E-state index in [4.69, 9.17) is 5.73 Å². The third-order valence-electron chi connectivity index (χ3n) is 2.29. The van der Waals surface area contributed by atoms with Crippen molar-refractivity contribution in [2.75, 3.05) is 0 Å². The largest absolute Gasteiger partial charge is 0.320 e. The summed E-state index contributed by atoms with van der Waals surface area (Å²) in [4.78, 5) is 2.60. The van der Waals surface area contributed by atoms with Gasteiger partial charge in [0.15, 0.2) is 0 Å². The predicted molar refractivity (Wildman–Crippen MR) is 64.1 cm³/mol. The lowest BCUT2D eigenvalue weighted by Crippen LogP contribution is -2.10. The zero-order valence-corrected chi connectivity index (χ0v) is 9.91. The van der Waals surface area contributed by atoms with Gasteiger partial charge in [-0.25, -0.2) is 0 Å². The Morgan fingerprint density at radius 3 is 2.57 bits per heavy atom. The Bertz CT molecular complexity index is 428. The van der Waals surface area contributed by atoms with Crippen molar-refractivity contribution in [3.8, 4) is 0 Å². The molecule has 2 rings (SSSR count). The molecule has 14 heavy (non-hydrogen) atoms. The van der Waals surface area contributed by atoms with Crippen LogP contribution in [0.3, 0.4) is 0 Å². The summed E-state index contributed by atoms with van der Waals surface area (Å²) < 4.78 is 0. The highest BCUT2D eigenvalue weighted by atomic mass is 32.1. The average Bonchev–Trinajstić information content (AvgIpc) is 2.73. The van der Waals surface area contributed by atoms with Gasteiger partial charge < -0.3 is 5.73 Å². The SMILES string of the molecule is Cc1cc(C(N)c2sccc2C)cs1. The summed E-state index contributed by atoms with van der Waals surface area (Å²) in [6.45, 7) is 4.23. The van der Waals surface area contributed by atoms with Gasteiger partial charge in [0.1, 0.15) is 0 Å². The molecule has 3 heteroatoms. The second kappa shape index (κ2) is 3.85. The second-order valence-corrected chi connectivity index (χ2v) is 5.50. The Labute approximate surface area is 92.2 Å². The molecule has 2 aromatic heterocycles. The number of rotatable bonds is 2. The molecule has 2 N–H and O–H groups in total. The molecule has 1 unspecified atom stereocenters. The molecule has 0 aliphatic rings. The fraction of sp³-hybridized carbons (Fsp3) is 0.273. The van der Waals surface area contributed by atoms with Crippen LogP contribution >= 0.6 is 22.7 Å². The summed E-state index contributed by atoms with van der Waals surface area (Å²) in [7, 11) is 0. The maximum absolute atomic E-state index is 6.19. The van der Waals surface area contributed by atoms with Crippen molar-refractivity contribution in [3.63, 3.8) is 0 Å². The molecule has 0 bridgehead atoms. The Morgan fingerprint density at radius 1 is 1.29 bits per heavy atom. The van der Waals surface area contributed by atoms with Gasteiger partial charge in [-0.3, -0.25) is 0 Å². The molecule has 2 heterocycles. The Morgan fingerprint density at radius 2 is 2.07 bits per heavy atom. The lowest BCUT2D eigenvalue weighted by atomic mass is 10.1. The van der Waals surface area contributed by atoms with Gasteiger partial charge in [0.05, 0.1) is 6.04 Å². The molecule has 2 aromatic rings. The van der Waals surface area contributed by atoms with Crippen LogP contribution < -0.4 is 5.73 Å². The number of aryl methyl sites for hydroxylation is 2. The molecule has 0 aliphatic carbocycles. The summed E-state index contributed by atoms with van der Waals surface area (Å²) in [6.07, 6.45) is 0. The van der Waals surface area contributed by atoms with E-state index in [9.17, 15) is 0 Å². The first-order valence-corrected chi connectivity index (χ1v) is 6.29. The molecule has 1 nitrogen and oxygen atoms in total. The normalized spacial score (nSPS) is 13.1. The van der Waals surface area contributed by atoms with Crippen LogP contribution in [-0.2, 0) is 0 Å². The predicted octanol–water partition coefficient (Wildman–Crippen LogP) is 3.47. The van der Waals surface area contributed by atoms with Crippen LogP contribution in [0.25, 0.3) is 0 Å². The summed E-state index contributed by atoms with van der Waals surface area (Å²) >= 11 is 3.50. The third kappa shape index (κ3) is 1.75. The smallest absolute Gasteiger partial charge is 0.0656 e. The second-order valence-electron chi connectivity index (χ2n) is 3.44. The summed E-state index contributed by atoms with van der Waals surface area (Å²) in [5.74, 6) is 0. The van der Waals surface area contributed by atoms with E-state index < -0.39 is 0 Å². The van der Waals surface area contributed by atoms with Crippen LogP contribution in [0.5, 0.6) is 0 Å². The number of hydrogen-bond donors (Lipinski definition) is 1. The quantitative estimate of drug-likeness (QED) is 0.829. The summed E-state index contributed by atoms with van der Waals surface area (Å²) in [6, 6.07) is 4.35. The van der Waals surface area contributed by atoms with Gasteiger partial charge in [-0.1, -0.05) is 0 Å². The van der Waals surface area contributed by atoms with Crippen molar-refractivity contribution in [3.05, 3.63) is 43.8 Å². The Balaban J connectivity index is 2.33. The molecule has 1 atom stereocenters. The van der Waals surface area contributed by atoms with Gasteiger partial charge in [-0.2, -0.15) is 0 Å². The molecular formula is C11H13NS2. The van der Waals surface area contributed by atoms with Crippen molar-refractivity contribution >= 4 is 22.7 Å². The van der Waals surface area contributed by atoms with Gasteiger partial charge in [-0.15, -0.1) is 22.7 Å². The summed E-state index contributed by atoms with van der Waals surface area (Å²) in [5, 5.41) is 4.25. The minimum absolute atomic E-state index is 0.0555. The minimum atomic E-state index is 0.0555. The highest BCUT2D eigenvalue weighted by Gasteiger charge is 2.13. The number of hydrogen-bond acceptors (Lipinski definition) is 3. The molecular weight excluding hydrogens is 210 g/mol. The molecule has 0 spiro atoms. The van der Waals surface area contributed by atoms with Crippen molar-refractivity contribution in [1.82, 2.24) is 0 Å². The highest BCUT2D eigenvalue weighted by Crippen LogP contribution is 2.29. The fourth-order valence-corrected chi connectivity index (χ4v) is 3.18. The molecule has 0 fully saturated rings. The van der Waals surface area contributed by atoms with Crippen LogP contribution in [-0.4, -0.2) is 0 Å². The standard InChI is InChI=1S/C11H13NS2/c1-7-3-4-13-11(7)10(12)9-5-8(2)14-6-9/h3-6,10H,12H2,1-2H3. The van der Waals surface area contributed by atoms with Crippen LogP contribution in [0, 0.1) is 13.8 Å². The van der Waals surface area contributed by atoms with Gasteiger partial charge in [0.25, 0.3) is 0 Å². The maximum atomic E-state index is 6.19. The molecule has 0 radical (unpaired) electrons. The molecule has 0 saturated heterocycles. The topological polar surface area (TPSA) is 26.0 Å². The first-order valence-electron chi connectivity index (χ1n) is 4.53.